The molecule has 0 fully saturated rings. The quantitative estimate of drug-likeness (QED) is 0.136. The van der Waals surface area contributed by atoms with Gasteiger partial charge in [-0.05, 0) is 82.6 Å². The largest absolute Gasteiger partial charge is 0.258 e. The predicted octanol–water partition coefficient (Wildman–Crippen LogP) is 15.3. The lowest BCUT2D eigenvalue weighted by atomic mass is 9.88. The van der Waals surface area contributed by atoms with Crippen molar-refractivity contribution in [3.63, 3.8) is 0 Å². The minimum atomic E-state index is 0.608. The molecule has 11 rings (SSSR count). The van der Waals surface area contributed by atoms with Crippen LogP contribution in [0.5, 0.6) is 0 Å². The van der Waals surface area contributed by atoms with Crippen molar-refractivity contribution in [2.24, 2.45) is 0 Å². The van der Waals surface area contributed by atoms with Gasteiger partial charge in [0.05, 0.1) is 11.4 Å². The predicted molar refractivity (Wildman–Crippen MR) is 277 cm³/mol. The number of hydrogen-bond donors (Lipinski definition) is 0. The second-order valence-electron chi connectivity index (χ2n) is 16.8. The van der Waals surface area contributed by atoms with E-state index in [0.717, 1.165) is 101 Å². The Balaban J connectivity index is 0.995. The van der Waals surface area contributed by atoms with Crippen molar-refractivity contribution in [3.05, 3.63) is 242 Å². The third kappa shape index (κ3) is 8.74. The molecule has 0 N–H and O–H groups in total. The van der Waals surface area contributed by atoms with E-state index in [2.05, 4.69) is 172 Å². The number of pyridine rings is 1. The Morgan fingerprint density at radius 3 is 1.06 bits per heavy atom. The number of rotatable bonds is 10. The lowest BCUT2D eigenvalue weighted by Gasteiger charge is -2.17. The zero-order valence-corrected chi connectivity index (χ0v) is 37.6. The number of nitrogens with zero attached hydrogens (tertiary/aromatic N) is 6. The van der Waals surface area contributed by atoms with Gasteiger partial charge in [-0.1, -0.05) is 206 Å². The van der Waals surface area contributed by atoms with Crippen molar-refractivity contribution in [1.82, 2.24) is 29.9 Å². The van der Waals surface area contributed by atoms with E-state index in [0.29, 0.717) is 23.3 Å². The first kappa shape index (κ1) is 41.7. The Kier molecular flexibility index (Phi) is 11.3. The summed E-state index contributed by atoms with van der Waals surface area (Å²) >= 11 is 0. The first-order valence-electron chi connectivity index (χ1n) is 22.8. The molecule has 6 nitrogen and oxygen atoms in total. The Labute approximate surface area is 396 Å². The summed E-state index contributed by atoms with van der Waals surface area (Å²) in [5.74, 6) is 2.51. The summed E-state index contributed by atoms with van der Waals surface area (Å²) < 4.78 is 0. The first-order chi connectivity index (χ1) is 33.5. The molecule has 0 bridgehead atoms. The molecular formula is C62H44N6. The molecule has 0 amide bonds. The molecule has 0 aliphatic rings. The van der Waals surface area contributed by atoms with Gasteiger partial charge in [0.15, 0.2) is 23.3 Å². The fourth-order valence-corrected chi connectivity index (χ4v) is 8.79. The monoisotopic (exact) mass is 872 g/mol. The maximum Gasteiger partial charge on any atom is 0.164 e. The van der Waals surface area contributed by atoms with Crippen LogP contribution in [0.2, 0.25) is 0 Å². The fraction of sp³-hybridized carbons (Fsp3) is 0.0323. The normalized spacial score (nSPS) is 11.1. The highest BCUT2D eigenvalue weighted by atomic mass is 15.0. The molecule has 0 aliphatic heterocycles. The molecule has 322 valence electrons. The maximum atomic E-state index is 5.24. The van der Waals surface area contributed by atoms with Crippen molar-refractivity contribution in [2.45, 2.75) is 13.8 Å². The maximum absolute atomic E-state index is 5.24. The van der Waals surface area contributed by atoms with E-state index in [1.807, 2.05) is 72.8 Å². The molecule has 0 unspecified atom stereocenters. The van der Waals surface area contributed by atoms with E-state index in [1.54, 1.807) is 0 Å². The molecule has 3 heterocycles. The molecule has 6 heteroatoms. The third-order valence-electron chi connectivity index (χ3n) is 12.1. The number of aryl methyl sites for hydroxylation is 2. The van der Waals surface area contributed by atoms with Gasteiger partial charge < -0.3 is 0 Å². The van der Waals surface area contributed by atoms with Crippen LogP contribution < -0.4 is 0 Å². The smallest absolute Gasteiger partial charge is 0.164 e. The van der Waals surface area contributed by atoms with Gasteiger partial charge in [0.25, 0.3) is 0 Å². The van der Waals surface area contributed by atoms with Gasteiger partial charge >= 0.3 is 0 Å². The Bertz CT molecular complexity index is 3460. The summed E-state index contributed by atoms with van der Waals surface area (Å²) in [7, 11) is 0. The number of hydrogen-bond acceptors (Lipinski definition) is 6. The average Bonchev–Trinajstić information content (AvgIpc) is 3.41. The van der Waals surface area contributed by atoms with E-state index in [9.17, 15) is 0 Å². The third-order valence-corrected chi connectivity index (χ3v) is 12.1. The molecular weight excluding hydrogens is 829 g/mol. The van der Waals surface area contributed by atoms with Crippen LogP contribution in [-0.4, -0.2) is 29.9 Å². The van der Waals surface area contributed by atoms with Crippen molar-refractivity contribution >= 4 is 0 Å². The van der Waals surface area contributed by atoms with Crippen molar-refractivity contribution in [3.8, 4) is 113 Å². The molecule has 68 heavy (non-hydrogen) atoms. The Hall–Kier alpha value is -9.00. The van der Waals surface area contributed by atoms with E-state index in [4.69, 9.17) is 29.9 Å². The summed E-state index contributed by atoms with van der Waals surface area (Å²) in [6.45, 7) is 4.10. The number of aromatic nitrogens is 6. The van der Waals surface area contributed by atoms with Gasteiger partial charge in [-0.3, -0.25) is 4.98 Å². The van der Waals surface area contributed by atoms with Crippen LogP contribution in [0.15, 0.2) is 231 Å². The Morgan fingerprint density at radius 2 is 0.559 bits per heavy atom. The summed E-state index contributed by atoms with van der Waals surface area (Å²) in [6, 6.07) is 79.6. The molecule has 0 saturated carbocycles. The summed E-state index contributed by atoms with van der Waals surface area (Å²) in [5, 5.41) is 0. The zero-order chi connectivity index (χ0) is 45.8. The average molecular weight is 873 g/mol. The van der Waals surface area contributed by atoms with Gasteiger partial charge in [-0.15, -0.1) is 0 Å². The summed E-state index contributed by atoms with van der Waals surface area (Å²) in [5.41, 5.74) is 18.1. The second kappa shape index (κ2) is 18.5. The van der Waals surface area contributed by atoms with E-state index < -0.39 is 0 Å². The van der Waals surface area contributed by atoms with Crippen LogP contribution in [0.4, 0.5) is 0 Å². The zero-order valence-electron chi connectivity index (χ0n) is 37.6. The summed E-state index contributed by atoms with van der Waals surface area (Å²) in [4.78, 5) is 30.3. The van der Waals surface area contributed by atoms with Crippen LogP contribution in [0.1, 0.15) is 11.4 Å². The molecule has 8 aromatic carbocycles. The molecule has 0 radical (unpaired) electrons. The van der Waals surface area contributed by atoms with Gasteiger partial charge in [0.1, 0.15) is 0 Å². The van der Waals surface area contributed by atoms with Crippen molar-refractivity contribution in [1.29, 1.82) is 0 Å². The molecule has 3 aromatic heterocycles. The van der Waals surface area contributed by atoms with Crippen LogP contribution in [0, 0.1) is 13.8 Å². The molecule has 0 spiro atoms. The topological polar surface area (TPSA) is 77.3 Å². The first-order valence-corrected chi connectivity index (χ1v) is 22.8. The van der Waals surface area contributed by atoms with Gasteiger partial charge in [0.2, 0.25) is 0 Å². The van der Waals surface area contributed by atoms with Crippen LogP contribution in [-0.2, 0) is 0 Å². The van der Waals surface area contributed by atoms with Crippen LogP contribution in [0.25, 0.3) is 113 Å². The highest BCUT2D eigenvalue weighted by Crippen LogP contribution is 2.41. The van der Waals surface area contributed by atoms with Gasteiger partial charge in [-0.2, -0.15) is 0 Å². The van der Waals surface area contributed by atoms with E-state index in [-0.39, 0.29) is 0 Å². The highest BCUT2D eigenvalue weighted by molar-refractivity contribution is 5.93. The molecule has 0 atom stereocenters. The summed E-state index contributed by atoms with van der Waals surface area (Å²) in [6.07, 6.45) is 0. The van der Waals surface area contributed by atoms with Crippen LogP contribution in [0.3, 0.4) is 0 Å². The van der Waals surface area contributed by atoms with E-state index in [1.165, 1.54) is 0 Å². The standard InChI is InChI=1S/C62H44N6/c1-41-37-52(38-42(2)63-41)56-39-51(35-36-54(56)53-25-15-16-26-55(53)62-64-57(46-19-9-4-10-20-46)40-58(65-62)47-21-11-5-12-22-47)45-29-33-50(34-30-45)61-67-59(48-23-13-6-14-24-48)66-60(68-61)49-31-27-44(28-32-49)43-17-7-3-8-18-43/h3-40H,1-2H3. The van der Waals surface area contributed by atoms with Crippen LogP contribution >= 0.6 is 0 Å². The lowest BCUT2D eigenvalue weighted by molar-refractivity contribution is 1.07. The van der Waals surface area contributed by atoms with Crippen molar-refractivity contribution < 1.29 is 0 Å². The highest BCUT2D eigenvalue weighted by Gasteiger charge is 2.19. The number of benzene rings is 8. The molecule has 0 saturated heterocycles. The fourth-order valence-electron chi connectivity index (χ4n) is 8.79. The Morgan fingerprint density at radius 1 is 0.206 bits per heavy atom. The van der Waals surface area contributed by atoms with E-state index >= 15 is 0 Å². The second-order valence-corrected chi connectivity index (χ2v) is 16.8. The van der Waals surface area contributed by atoms with Gasteiger partial charge in [-0.25, -0.2) is 24.9 Å². The minimum absolute atomic E-state index is 0.608. The van der Waals surface area contributed by atoms with Crippen molar-refractivity contribution in [2.75, 3.05) is 0 Å². The lowest BCUT2D eigenvalue weighted by Crippen LogP contribution is -2.00. The SMILES string of the molecule is Cc1cc(-c2cc(-c3ccc(-c4nc(-c5ccccc5)nc(-c5ccc(-c6ccccc6)cc5)n4)cc3)ccc2-c2ccccc2-c2nc(-c3ccccc3)cc(-c3ccccc3)n2)cc(C)n1. The molecule has 11 aromatic rings. The minimum Gasteiger partial charge on any atom is -0.258 e. The molecule has 0 aliphatic carbocycles. The van der Waals surface area contributed by atoms with Gasteiger partial charge in [0, 0.05) is 44.8 Å².